The Morgan fingerprint density at radius 2 is 1.90 bits per heavy atom. The first-order chi connectivity index (χ1) is 10.3. The first kappa shape index (κ1) is 14.7. The van der Waals surface area contributed by atoms with Gasteiger partial charge in [0, 0.05) is 6.54 Å². The smallest absolute Gasteiger partial charge is 0.412 e. The van der Waals surface area contributed by atoms with Gasteiger partial charge in [-0.2, -0.15) is 0 Å². The Bertz CT molecular complexity index is 612. The lowest BCUT2D eigenvalue weighted by molar-refractivity contribution is 0.145. The third-order valence-electron chi connectivity index (χ3n) is 2.76. The number of hydrogen-bond donors (Lipinski definition) is 2. The van der Waals surface area contributed by atoms with Crippen LogP contribution < -0.4 is 11.1 Å². The molecule has 108 valence electrons. The molecule has 0 unspecified atom stereocenters. The number of carbonyl (C=O) groups is 1. The zero-order valence-corrected chi connectivity index (χ0v) is 11.5. The lowest BCUT2D eigenvalue weighted by atomic mass is 10.2. The number of carbonyl (C=O) groups excluding carboxylic acids is 1. The van der Waals surface area contributed by atoms with Crippen molar-refractivity contribution < 1.29 is 9.53 Å². The van der Waals surface area contributed by atoms with Crippen molar-refractivity contribution in [2.24, 2.45) is 10.7 Å². The molecule has 21 heavy (non-hydrogen) atoms. The van der Waals surface area contributed by atoms with Crippen LogP contribution in [0.5, 0.6) is 0 Å². The molecule has 0 spiro atoms. The van der Waals surface area contributed by atoms with Crippen molar-refractivity contribution in [1.82, 2.24) is 5.32 Å². The summed E-state index contributed by atoms with van der Waals surface area (Å²) in [5, 5.41) is 2.45. The summed E-state index contributed by atoms with van der Waals surface area (Å²) in [6.07, 6.45) is 0.765. The highest BCUT2D eigenvalue weighted by Crippen LogP contribution is 2.12. The van der Waals surface area contributed by atoms with E-state index in [1.807, 2.05) is 54.6 Å². The summed E-state index contributed by atoms with van der Waals surface area (Å²) in [5.74, 6) is 0. The van der Waals surface area contributed by atoms with Crippen LogP contribution in [0.4, 0.5) is 10.5 Å². The van der Waals surface area contributed by atoms with Crippen molar-refractivity contribution in [3.63, 3.8) is 0 Å². The molecule has 2 aromatic rings. The zero-order chi connectivity index (χ0) is 14.9. The van der Waals surface area contributed by atoms with Crippen molar-refractivity contribution in [1.29, 1.82) is 0 Å². The van der Waals surface area contributed by atoms with Crippen LogP contribution in [0.2, 0.25) is 0 Å². The lowest BCUT2D eigenvalue weighted by Gasteiger charge is -2.03. The average molecular weight is 283 g/mol. The predicted octanol–water partition coefficient (Wildman–Crippen LogP) is 2.73. The largest absolute Gasteiger partial charge is 0.444 e. The number of nitrogens with one attached hydrogen (secondary N) is 1. The van der Waals surface area contributed by atoms with Gasteiger partial charge < -0.3 is 10.5 Å². The van der Waals surface area contributed by atoms with Crippen molar-refractivity contribution in [2.75, 3.05) is 0 Å². The second-order valence-corrected chi connectivity index (χ2v) is 4.34. The molecule has 2 aromatic carbocycles. The van der Waals surface area contributed by atoms with Gasteiger partial charge >= 0.3 is 6.09 Å². The Morgan fingerprint density at radius 1 is 1.14 bits per heavy atom. The van der Waals surface area contributed by atoms with Gasteiger partial charge in [-0.3, -0.25) is 5.32 Å². The van der Waals surface area contributed by atoms with Gasteiger partial charge in [0.2, 0.25) is 0 Å². The standard InChI is InChI=1S/C16H17N3O2/c17-10-14-7-4-8-15(9-14)18-12-19-16(20)21-11-13-5-2-1-3-6-13/h1-9,12H,10-11,17H2,(H,18,19,20). The molecule has 1 amide bonds. The van der Waals surface area contributed by atoms with Crippen LogP contribution in [0, 0.1) is 0 Å². The number of nitrogens with zero attached hydrogens (tertiary/aromatic N) is 1. The van der Waals surface area contributed by atoms with E-state index < -0.39 is 6.09 Å². The third kappa shape index (κ3) is 5.08. The summed E-state index contributed by atoms with van der Waals surface area (Å²) >= 11 is 0. The number of hydrogen-bond acceptors (Lipinski definition) is 4. The molecule has 5 heteroatoms. The topological polar surface area (TPSA) is 76.7 Å². The fourth-order valence-corrected chi connectivity index (χ4v) is 1.69. The minimum absolute atomic E-state index is 0.225. The summed E-state index contributed by atoms with van der Waals surface area (Å²) in [7, 11) is 0. The maximum atomic E-state index is 11.5. The van der Waals surface area contributed by atoms with Crippen LogP contribution in [0.1, 0.15) is 11.1 Å². The molecule has 0 aliphatic heterocycles. The first-order valence-corrected chi connectivity index (χ1v) is 6.56. The highest BCUT2D eigenvalue weighted by Gasteiger charge is 1.99. The maximum absolute atomic E-state index is 11.5. The quantitative estimate of drug-likeness (QED) is 0.654. The Hall–Kier alpha value is -2.66. The molecule has 0 saturated heterocycles. The molecule has 0 aromatic heterocycles. The van der Waals surface area contributed by atoms with Crippen LogP contribution in [0.15, 0.2) is 59.6 Å². The van der Waals surface area contributed by atoms with E-state index in [-0.39, 0.29) is 6.61 Å². The number of ether oxygens (including phenoxy) is 1. The van der Waals surface area contributed by atoms with Gasteiger partial charge in [-0.1, -0.05) is 42.5 Å². The van der Waals surface area contributed by atoms with Gasteiger partial charge in [0.15, 0.2) is 0 Å². The molecule has 2 rings (SSSR count). The molecular weight excluding hydrogens is 266 g/mol. The molecule has 3 N–H and O–H groups in total. The normalized spacial score (nSPS) is 10.5. The number of alkyl carbamates (subject to hydrolysis) is 1. The first-order valence-electron chi connectivity index (χ1n) is 6.56. The second kappa shape index (κ2) is 7.81. The fourth-order valence-electron chi connectivity index (χ4n) is 1.69. The number of benzene rings is 2. The van der Waals surface area contributed by atoms with Crippen LogP contribution in [0.25, 0.3) is 0 Å². The highest BCUT2D eigenvalue weighted by atomic mass is 16.5. The molecule has 0 atom stereocenters. The van der Waals surface area contributed by atoms with E-state index >= 15 is 0 Å². The van der Waals surface area contributed by atoms with Gasteiger partial charge in [-0.25, -0.2) is 9.79 Å². The molecule has 0 radical (unpaired) electrons. The summed E-state index contributed by atoms with van der Waals surface area (Å²) < 4.78 is 5.05. The third-order valence-corrected chi connectivity index (χ3v) is 2.76. The Kier molecular flexibility index (Phi) is 5.49. The molecule has 0 heterocycles. The molecule has 0 bridgehead atoms. The number of aliphatic imine (C=N–C) groups is 1. The summed E-state index contributed by atoms with van der Waals surface area (Å²) in [5.41, 5.74) is 8.19. The van der Waals surface area contributed by atoms with Crippen LogP contribution >= 0.6 is 0 Å². The number of rotatable bonds is 5. The predicted molar refractivity (Wildman–Crippen MR) is 82.2 cm³/mol. The lowest BCUT2D eigenvalue weighted by Crippen LogP contribution is -2.22. The van der Waals surface area contributed by atoms with Crippen molar-refractivity contribution in [3.05, 3.63) is 65.7 Å². The Labute approximate surface area is 123 Å². The van der Waals surface area contributed by atoms with Gasteiger partial charge in [-0.05, 0) is 23.3 Å². The molecule has 0 aliphatic carbocycles. The summed E-state index contributed by atoms with van der Waals surface area (Å²) in [6, 6.07) is 16.9. The molecule has 5 nitrogen and oxygen atoms in total. The van der Waals surface area contributed by atoms with Gasteiger partial charge in [-0.15, -0.1) is 0 Å². The van der Waals surface area contributed by atoms with Gasteiger partial charge in [0.05, 0.1) is 12.0 Å². The van der Waals surface area contributed by atoms with E-state index in [1.165, 1.54) is 6.34 Å². The molecule has 0 aliphatic rings. The summed E-state index contributed by atoms with van der Waals surface area (Å²) in [4.78, 5) is 15.6. The van der Waals surface area contributed by atoms with E-state index in [4.69, 9.17) is 10.5 Å². The summed E-state index contributed by atoms with van der Waals surface area (Å²) in [6.45, 7) is 0.680. The second-order valence-electron chi connectivity index (χ2n) is 4.34. The molecular formula is C16H17N3O2. The van der Waals surface area contributed by atoms with Crippen molar-refractivity contribution in [2.45, 2.75) is 13.2 Å². The van der Waals surface area contributed by atoms with E-state index in [0.29, 0.717) is 6.54 Å². The van der Waals surface area contributed by atoms with Crippen LogP contribution in [0.3, 0.4) is 0 Å². The molecule has 0 saturated carbocycles. The SMILES string of the molecule is NCc1cccc(N=CNC(=O)OCc2ccccc2)c1. The Balaban J connectivity index is 1.79. The van der Waals surface area contributed by atoms with Crippen LogP contribution in [-0.4, -0.2) is 12.4 Å². The zero-order valence-electron chi connectivity index (χ0n) is 11.5. The van der Waals surface area contributed by atoms with Gasteiger partial charge in [0.25, 0.3) is 0 Å². The van der Waals surface area contributed by atoms with E-state index in [0.717, 1.165) is 16.8 Å². The van der Waals surface area contributed by atoms with E-state index in [2.05, 4.69) is 10.3 Å². The number of amides is 1. The Morgan fingerprint density at radius 3 is 2.67 bits per heavy atom. The molecule has 0 fully saturated rings. The van der Waals surface area contributed by atoms with Crippen molar-refractivity contribution in [3.8, 4) is 0 Å². The fraction of sp³-hybridized carbons (Fsp3) is 0.125. The highest BCUT2D eigenvalue weighted by molar-refractivity contribution is 5.83. The monoisotopic (exact) mass is 283 g/mol. The minimum atomic E-state index is -0.544. The van der Waals surface area contributed by atoms with Crippen molar-refractivity contribution >= 4 is 18.1 Å². The minimum Gasteiger partial charge on any atom is -0.444 e. The number of nitrogens with two attached hydrogens (primary N) is 1. The maximum Gasteiger partial charge on any atom is 0.412 e. The van der Waals surface area contributed by atoms with Gasteiger partial charge in [0.1, 0.15) is 6.61 Å². The van der Waals surface area contributed by atoms with E-state index in [1.54, 1.807) is 0 Å². The van der Waals surface area contributed by atoms with Crippen LogP contribution in [-0.2, 0) is 17.9 Å². The van der Waals surface area contributed by atoms with E-state index in [9.17, 15) is 4.79 Å². The average Bonchev–Trinajstić information content (AvgIpc) is 2.54.